The summed E-state index contributed by atoms with van der Waals surface area (Å²) in [5.41, 5.74) is 2.22. The van der Waals surface area contributed by atoms with Gasteiger partial charge in [-0.3, -0.25) is 0 Å². The highest BCUT2D eigenvalue weighted by Crippen LogP contribution is 2.37. The molecule has 0 saturated carbocycles. The molecule has 2 aromatic carbocycles. The number of imidazole rings is 1. The van der Waals surface area contributed by atoms with E-state index in [1.165, 1.54) is 17.8 Å². The van der Waals surface area contributed by atoms with E-state index >= 15 is 0 Å². The predicted molar refractivity (Wildman–Crippen MR) is 130 cm³/mol. The number of hydrogen-bond acceptors (Lipinski definition) is 3. The number of benzene rings is 2. The summed E-state index contributed by atoms with van der Waals surface area (Å²) in [5.74, 6) is 0.0969. The van der Waals surface area contributed by atoms with Crippen LogP contribution in [0, 0.1) is 5.82 Å². The first kappa shape index (κ1) is 24.4. The Balaban J connectivity index is 1.97. The third-order valence-corrected chi connectivity index (χ3v) is 7.39. The minimum atomic E-state index is -0.359. The van der Waals surface area contributed by atoms with Gasteiger partial charge < -0.3 is 9.47 Å². The van der Waals surface area contributed by atoms with Gasteiger partial charge in [0.1, 0.15) is 5.82 Å². The van der Waals surface area contributed by atoms with Crippen LogP contribution in [0.15, 0.2) is 47.8 Å². The first-order valence-electron chi connectivity index (χ1n) is 9.83. The molecule has 166 valence electrons. The summed E-state index contributed by atoms with van der Waals surface area (Å²) >= 11 is 20.1. The summed E-state index contributed by atoms with van der Waals surface area (Å²) in [6, 6.07) is 10.5. The number of likely N-dealkylation sites (N-methyl/N-ethyl adjacent to an activating group) is 1. The molecule has 31 heavy (non-hydrogen) atoms. The summed E-state index contributed by atoms with van der Waals surface area (Å²) < 4.78 is 16.4. The van der Waals surface area contributed by atoms with Crippen LogP contribution >= 0.6 is 46.6 Å². The van der Waals surface area contributed by atoms with Gasteiger partial charge in [-0.1, -0.05) is 72.5 Å². The van der Waals surface area contributed by atoms with Crippen molar-refractivity contribution < 1.29 is 4.39 Å². The van der Waals surface area contributed by atoms with Crippen molar-refractivity contribution in [3.8, 4) is 0 Å². The lowest BCUT2D eigenvalue weighted by Gasteiger charge is -2.28. The van der Waals surface area contributed by atoms with Gasteiger partial charge in [0, 0.05) is 40.5 Å². The van der Waals surface area contributed by atoms with Crippen LogP contribution in [0.3, 0.4) is 0 Å². The lowest BCUT2D eigenvalue weighted by Crippen LogP contribution is -2.26. The SMILES string of the molecule is CN(C)CCn1c(C(C)(C)c2ccc(Cl)c(Cl)c2)cnc1SCc1c(F)cccc1Cl. The Kier molecular flexibility index (Phi) is 7.98. The van der Waals surface area contributed by atoms with E-state index in [1.54, 1.807) is 12.1 Å². The largest absolute Gasteiger partial charge is 0.321 e. The van der Waals surface area contributed by atoms with Crippen molar-refractivity contribution in [3.05, 3.63) is 80.3 Å². The summed E-state index contributed by atoms with van der Waals surface area (Å²) in [4.78, 5) is 6.81. The van der Waals surface area contributed by atoms with Gasteiger partial charge in [-0.2, -0.15) is 0 Å². The second kappa shape index (κ2) is 10.1. The van der Waals surface area contributed by atoms with Crippen molar-refractivity contribution >= 4 is 46.6 Å². The summed E-state index contributed by atoms with van der Waals surface area (Å²) in [6.07, 6.45) is 1.89. The van der Waals surface area contributed by atoms with Gasteiger partial charge in [-0.25, -0.2) is 9.37 Å². The van der Waals surface area contributed by atoms with Crippen LogP contribution in [0.2, 0.25) is 15.1 Å². The molecule has 3 rings (SSSR count). The Bertz CT molecular complexity index is 1050. The number of aromatic nitrogens is 2. The molecule has 0 saturated heterocycles. The molecule has 3 nitrogen and oxygen atoms in total. The van der Waals surface area contributed by atoms with E-state index in [1.807, 2.05) is 38.5 Å². The number of nitrogens with zero attached hydrogens (tertiary/aromatic N) is 3. The Morgan fingerprint density at radius 1 is 1.06 bits per heavy atom. The lowest BCUT2D eigenvalue weighted by molar-refractivity contribution is 0.367. The minimum absolute atomic E-state index is 0.303. The Morgan fingerprint density at radius 2 is 1.81 bits per heavy atom. The second-order valence-corrected chi connectivity index (χ2v) is 10.3. The van der Waals surface area contributed by atoms with Crippen molar-refractivity contribution in [2.45, 2.75) is 36.7 Å². The smallest absolute Gasteiger partial charge is 0.168 e. The summed E-state index contributed by atoms with van der Waals surface area (Å²) in [7, 11) is 4.07. The van der Waals surface area contributed by atoms with Crippen LogP contribution in [0.1, 0.15) is 30.7 Å². The fourth-order valence-electron chi connectivity index (χ4n) is 3.33. The van der Waals surface area contributed by atoms with Gasteiger partial charge in [-0.05, 0) is 43.9 Å². The van der Waals surface area contributed by atoms with E-state index in [0.717, 1.165) is 29.5 Å². The minimum Gasteiger partial charge on any atom is -0.321 e. The average Bonchev–Trinajstić information content (AvgIpc) is 3.11. The molecule has 0 aliphatic rings. The molecule has 0 bridgehead atoms. The van der Waals surface area contributed by atoms with Crippen LogP contribution in [0.5, 0.6) is 0 Å². The number of halogens is 4. The normalized spacial score (nSPS) is 12.0. The van der Waals surface area contributed by atoms with Crippen LogP contribution in [0.25, 0.3) is 0 Å². The highest BCUT2D eigenvalue weighted by molar-refractivity contribution is 7.98. The van der Waals surface area contributed by atoms with Crippen molar-refractivity contribution in [3.63, 3.8) is 0 Å². The maximum absolute atomic E-state index is 14.2. The van der Waals surface area contributed by atoms with Gasteiger partial charge in [-0.15, -0.1) is 0 Å². The molecule has 0 aliphatic carbocycles. The van der Waals surface area contributed by atoms with Gasteiger partial charge in [0.15, 0.2) is 5.16 Å². The molecule has 1 heterocycles. The highest BCUT2D eigenvalue weighted by atomic mass is 35.5. The predicted octanol–water partition coefficient (Wildman–Crippen LogP) is 7.16. The van der Waals surface area contributed by atoms with Crippen LogP contribution in [-0.2, 0) is 17.7 Å². The fraction of sp³-hybridized carbons (Fsp3) is 0.348. The Morgan fingerprint density at radius 3 is 2.45 bits per heavy atom. The van der Waals surface area contributed by atoms with Crippen molar-refractivity contribution in [2.75, 3.05) is 20.6 Å². The second-order valence-electron chi connectivity index (χ2n) is 8.12. The van der Waals surface area contributed by atoms with Gasteiger partial charge >= 0.3 is 0 Å². The quantitative estimate of drug-likeness (QED) is 0.306. The first-order valence-corrected chi connectivity index (χ1v) is 11.9. The molecule has 0 spiro atoms. The van der Waals surface area contributed by atoms with Crippen LogP contribution < -0.4 is 0 Å². The third kappa shape index (κ3) is 5.58. The Hall–Kier alpha value is -1.24. The van der Waals surface area contributed by atoms with Gasteiger partial charge in [0.05, 0.1) is 16.2 Å². The monoisotopic (exact) mass is 499 g/mol. The summed E-state index contributed by atoms with van der Waals surface area (Å²) in [6.45, 7) is 5.87. The molecule has 0 radical (unpaired) electrons. The molecular formula is C23H25Cl3FN3S. The molecule has 3 aromatic rings. The third-order valence-electron chi connectivity index (χ3n) is 5.28. The van der Waals surface area contributed by atoms with E-state index in [2.05, 4.69) is 28.3 Å². The number of hydrogen-bond donors (Lipinski definition) is 0. The van der Waals surface area contributed by atoms with Gasteiger partial charge in [0.2, 0.25) is 0 Å². The van der Waals surface area contributed by atoms with E-state index in [9.17, 15) is 4.39 Å². The van der Waals surface area contributed by atoms with E-state index < -0.39 is 0 Å². The zero-order valence-corrected chi connectivity index (χ0v) is 21.0. The molecule has 0 aliphatic heterocycles. The molecule has 1 aromatic heterocycles. The van der Waals surface area contributed by atoms with Crippen molar-refractivity contribution in [2.24, 2.45) is 0 Å². The molecule has 0 atom stereocenters. The molecular weight excluding hydrogens is 476 g/mol. The molecule has 0 N–H and O–H groups in total. The maximum Gasteiger partial charge on any atom is 0.168 e. The van der Waals surface area contributed by atoms with E-state index in [-0.39, 0.29) is 11.2 Å². The topological polar surface area (TPSA) is 21.1 Å². The molecule has 0 fully saturated rings. The lowest BCUT2D eigenvalue weighted by atomic mass is 9.81. The van der Waals surface area contributed by atoms with Crippen LogP contribution in [0.4, 0.5) is 4.39 Å². The average molecular weight is 501 g/mol. The molecule has 0 unspecified atom stereocenters. The number of thioether (sulfide) groups is 1. The first-order chi connectivity index (χ1) is 14.6. The summed E-state index contributed by atoms with van der Waals surface area (Å²) in [5, 5.41) is 2.30. The Labute approximate surface area is 202 Å². The molecule has 0 amide bonds. The zero-order valence-electron chi connectivity index (χ0n) is 17.9. The van der Waals surface area contributed by atoms with Crippen molar-refractivity contribution in [1.82, 2.24) is 14.5 Å². The fourth-order valence-corrected chi connectivity index (χ4v) is 4.98. The maximum atomic E-state index is 14.2. The standard InChI is InChI=1S/C23H25Cl3FN3S/c1-23(2,15-8-9-18(25)19(26)12-15)21-13-28-22(30(21)11-10-29(3)4)31-14-16-17(24)6-5-7-20(16)27/h5-9,12-13H,10-11,14H2,1-4H3. The van der Waals surface area contributed by atoms with E-state index in [0.29, 0.717) is 26.4 Å². The van der Waals surface area contributed by atoms with Gasteiger partial charge in [0.25, 0.3) is 0 Å². The highest BCUT2D eigenvalue weighted by Gasteiger charge is 2.29. The molecule has 8 heteroatoms. The zero-order chi connectivity index (χ0) is 22.8. The van der Waals surface area contributed by atoms with Crippen LogP contribution in [-0.4, -0.2) is 35.1 Å². The number of rotatable bonds is 8. The van der Waals surface area contributed by atoms with E-state index in [4.69, 9.17) is 34.8 Å². The van der Waals surface area contributed by atoms with Crippen molar-refractivity contribution in [1.29, 1.82) is 0 Å².